The fourth-order valence-corrected chi connectivity index (χ4v) is 1.36. The van der Waals surface area contributed by atoms with Crippen LogP contribution in [0, 0.1) is 0 Å². The van der Waals surface area contributed by atoms with Crippen molar-refractivity contribution in [1.29, 1.82) is 0 Å². The molecule has 0 aliphatic carbocycles. The van der Waals surface area contributed by atoms with Gasteiger partial charge in [0.25, 0.3) is 0 Å². The molecular weight excluding hydrogens is 172 g/mol. The van der Waals surface area contributed by atoms with E-state index in [1.165, 1.54) is 13.8 Å². The van der Waals surface area contributed by atoms with Crippen LogP contribution >= 0.6 is 0 Å². The van der Waals surface area contributed by atoms with E-state index in [1.54, 1.807) is 13.8 Å². The lowest BCUT2D eigenvalue weighted by molar-refractivity contribution is -0.157. The Morgan fingerprint density at radius 2 is 1.31 bits per heavy atom. The predicted molar refractivity (Wildman–Crippen MR) is 45.2 cm³/mol. The molecule has 1 fully saturated rings. The van der Waals surface area contributed by atoms with E-state index in [1.807, 2.05) is 0 Å². The van der Waals surface area contributed by atoms with Crippen LogP contribution in [-0.4, -0.2) is 29.6 Å². The highest BCUT2D eigenvalue weighted by Crippen LogP contribution is 2.28. The number of ether oxygens (including phenoxy) is 2. The average Bonchev–Trinajstić information content (AvgIpc) is 2.26. The molecule has 0 unspecified atom stereocenters. The SMILES string of the molecule is CC(=O)[C@@H]1OC(C)(C)O[C@H]1C(C)=O. The maximum absolute atomic E-state index is 11.1. The fourth-order valence-electron chi connectivity index (χ4n) is 1.36. The van der Waals surface area contributed by atoms with Gasteiger partial charge in [-0.05, 0) is 27.7 Å². The molecule has 1 aliphatic rings. The van der Waals surface area contributed by atoms with Crippen molar-refractivity contribution < 1.29 is 19.1 Å². The van der Waals surface area contributed by atoms with Crippen molar-refractivity contribution in [2.75, 3.05) is 0 Å². The van der Waals surface area contributed by atoms with Crippen molar-refractivity contribution in [3.8, 4) is 0 Å². The van der Waals surface area contributed by atoms with Crippen molar-refractivity contribution in [1.82, 2.24) is 0 Å². The summed E-state index contributed by atoms with van der Waals surface area (Å²) in [6, 6.07) is 0. The summed E-state index contributed by atoms with van der Waals surface area (Å²) in [5.41, 5.74) is 0. The zero-order valence-corrected chi connectivity index (χ0v) is 8.29. The van der Waals surface area contributed by atoms with Gasteiger partial charge in [0, 0.05) is 0 Å². The molecule has 2 atom stereocenters. The van der Waals surface area contributed by atoms with Gasteiger partial charge in [-0.3, -0.25) is 9.59 Å². The molecule has 1 rings (SSSR count). The number of carbonyl (C=O) groups excluding carboxylic acids is 2. The summed E-state index contributed by atoms with van der Waals surface area (Å²) in [4.78, 5) is 22.2. The van der Waals surface area contributed by atoms with Crippen molar-refractivity contribution in [3.63, 3.8) is 0 Å². The van der Waals surface area contributed by atoms with Gasteiger partial charge >= 0.3 is 0 Å². The van der Waals surface area contributed by atoms with E-state index in [9.17, 15) is 9.59 Å². The van der Waals surface area contributed by atoms with E-state index in [0.717, 1.165) is 0 Å². The monoisotopic (exact) mass is 186 g/mol. The van der Waals surface area contributed by atoms with Crippen LogP contribution in [0.5, 0.6) is 0 Å². The predicted octanol–water partition coefficient (Wildman–Crippen LogP) is 0.684. The van der Waals surface area contributed by atoms with Crippen molar-refractivity contribution in [3.05, 3.63) is 0 Å². The minimum absolute atomic E-state index is 0.175. The summed E-state index contributed by atoms with van der Waals surface area (Å²) in [5, 5.41) is 0. The molecule has 13 heavy (non-hydrogen) atoms. The molecule has 74 valence electrons. The van der Waals surface area contributed by atoms with E-state index in [4.69, 9.17) is 9.47 Å². The van der Waals surface area contributed by atoms with Gasteiger partial charge in [-0.2, -0.15) is 0 Å². The maximum atomic E-state index is 11.1. The van der Waals surface area contributed by atoms with Crippen LogP contribution in [0.4, 0.5) is 0 Å². The standard InChI is InChI=1S/C9H14O4/c1-5(10)7-8(6(2)11)13-9(3,4)12-7/h7-8H,1-4H3/t7-,8-/m0/s1. The second kappa shape index (κ2) is 3.20. The average molecular weight is 186 g/mol. The first-order chi connectivity index (χ1) is 5.83. The van der Waals surface area contributed by atoms with E-state index in [-0.39, 0.29) is 11.6 Å². The number of carbonyl (C=O) groups is 2. The molecule has 0 saturated carbocycles. The molecular formula is C9H14O4. The molecule has 0 aromatic rings. The summed E-state index contributed by atoms with van der Waals surface area (Å²) in [7, 11) is 0. The van der Waals surface area contributed by atoms with Crippen molar-refractivity contribution in [2.24, 2.45) is 0 Å². The quantitative estimate of drug-likeness (QED) is 0.636. The third kappa shape index (κ3) is 2.14. The van der Waals surface area contributed by atoms with Crippen LogP contribution in [0.2, 0.25) is 0 Å². The molecule has 0 bridgehead atoms. The third-order valence-corrected chi connectivity index (χ3v) is 1.90. The largest absolute Gasteiger partial charge is 0.336 e. The molecule has 1 aliphatic heterocycles. The highest BCUT2D eigenvalue weighted by atomic mass is 16.8. The first kappa shape index (κ1) is 10.3. The number of hydrogen-bond donors (Lipinski definition) is 0. The summed E-state index contributed by atoms with van der Waals surface area (Å²) < 4.78 is 10.6. The Labute approximate surface area is 77.2 Å². The topological polar surface area (TPSA) is 52.6 Å². The third-order valence-electron chi connectivity index (χ3n) is 1.90. The van der Waals surface area contributed by atoms with Crippen LogP contribution in [0.15, 0.2) is 0 Å². The van der Waals surface area contributed by atoms with Gasteiger partial charge in [-0.25, -0.2) is 0 Å². The van der Waals surface area contributed by atoms with E-state index in [0.29, 0.717) is 0 Å². The summed E-state index contributed by atoms with van der Waals surface area (Å²) in [5.74, 6) is -1.19. The first-order valence-electron chi connectivity index (χ1n) is 4.20. The van der Waals surface area contributed by atoms with Crippen LogP contribution in [0.1, 0.15) is 27.7 Å². The molecule has 4 heteroatoms. The maximum Gasteiger partial charge on any atom is 0.165 e. The van der Waals surface area contributed by atoms with Crippen LogP contribution in [0.25, 0.3) is 0 Å². The van der Waals surface area contributed by atoms with E-state index in [2.05, 4.69) is 0 Å². The van der Waals surface area contributed by atoms with Gasteiger partial charge in [0.2, 0.25) is 0 Å². The Balaban J connectivity index is 2.83. The van der Waals surface area contributed by atoms with Crippen LogP contribution in [0.3, 0.4) is 0 Å². The molecule has 1 saturated heterocycles. The summed E-state index contributed by atoms with van der Waals surface area (Å²) >= 11 is 0. The highest BCUT2D eigenvalue weighted by Gasteiger charge is 2.45. The van der Waals surface area contributed by atoms with Crippen LogP contribution in [-0.2, 0) is 19.1 Å². The zero-order chi connectivity index (χ0) is 10.2. The van der Waals surface area contributed by atoms with Gasteiger partial charge in [0.15, 0.2) is 29.6 Å². The van der Waals surface area contributed by atoms with E-state index >= 15 is 0 Å². The molecule has 0 spiro atoms. The zero-order valence-electron chi connectivity index (χ0n) is 8.29. The minimum atomic E-state index is -0.841. The first-order valence-corrected chi connectivity index (χ1v) is 4.20. The van der Waals surface area contributed by atoms with Gasteiger partial charge in [0.1, 0.15) is 0 Å². The Kier molecular flexibility index (Phi) is 2.54. The van der Waals surface area contributed by atoms with Crippen molar-refractivity contribution in [2.45, 2.75) is 45.7 Å². The molecule has 0 aromatic carbocycles. The molecule has 0 amide bonds. The number of ketones is 2. The van der Waals surface area contributed by atoms with Gasteiger partial charge in [0.05, 0.1) is 0 Å². The smallest absolute Gasteiger partial charge is 0.165 e. The number of rotatable bonds is 2. The lowest BCUT2D eigenvalue weighted by Gasteiger charge is -2.15. The molecule has 0 aromatic heterocycles. The minimum Gasteiger partial charge on any atom is -0.336 e. The van der Waals surface area contributed by atoms with E-state index < -0.39 is 18.0 Å². The van der Waals surface area contributed by atoms with Gasteiger partial charge in [-0.15, -0.1) is 0 Å². The fraction of sp³-hybridized carbons (Fsp3) is 0.778. The Hall–Kier alpha value is -0.740. The molecule has 0 radical (unpaired) electrons. The van der Waals surface area contributed by atoms with Crippen LogP contribution < -0.4 is 0 Å². The van der Waals surface area contributed by atoms with Crippen molar-refractivity contribution >= 4 is 11.6 Å². The normalized spacial score (nSPS) is 31.7. The lowest BCUT2D eigenvalue weighted by Crippen LogP contribution is -2.34. The Morgan fingerprint density at radius 3 is 1.54 bits per heavy atom. The summed E-state index contributed by atoms with van der Waals surface area (Å²) in [6.45, 7) is 6.16. The molecule has 4 nitrogen and oxygen atoms in total. The number of hydrogen-bond acceptors (Lipinski definition) is 4. The molecule has 0 N–H and O–H groups in total. The van der Waals surface area contributed by atoms with Gasteiger partial charge in [-0.1, -0.05) is 0 Å². The number of Topliss-reactive ketones (excluding diaryl/α,β-unsaturated/α-hetero) is 2. The second-order valence-electron chi connectivity index (χ2n) is 3.70. The Bertz CT molecular complexity index is 220. The molecule has 1 heterocycles. The lowest BCUT2D eigenvalue weighted by atomic mass is 10.1. The Morgan fingerprint density at radius 1 is 1.00 bits per heavy atom. The van der Waals surface area contributed by atoms with Gasteiger partial charge < -0.3 is 9.47 Å². The highest BCUT2D eigenvalue weighted by molar-refractivity contribution is 5.91. The summed E-state index contributed by atoms with van der Waals surface area (Å²) in [6.07, 6.45) is -1.49. The second-order valence-corrected chi connectivity index (χ2v) is 3.70.